The summed E-state index contributed by atoms with van der Waals surface area (Å²) in [5.41, 5.74) is 5.62. The molecule has 6 heteroatoms. The smallest absolute Gasteiger partial charge is 0.287 e. The fourth-order valence-corrected chi connectivity index (χ4v) is 1.62. The Hall–Kier alpha value is -1.33. The lowest BCUT2D eigenvalue weighted by Crippen LogP contribution is -2.24. The first kappa shape index (κ1) is 14.7. The van der Waals surface area contributed by atoms with Crippen LogP contribution in [0.15, 0.2) is 23.1 Å². The average molecular weight is 271 g/mol. The molecule has 0 saturated carbocycles. The first-order valence-corrected chi connectivity index (χ1v) is 6.43. The number of unbranched alkanes of at least 4 members (excludes halogenated alkanes) is 1. The lowest BCUT2D eigenvalue weighted by atomic mass is 10.3. The second kappa shape index (κ2) is 7.89. The summed E-state index contributed by atoms with van der Waals surface area (Å²) in [4.78, 5) is 11.9. The van der Waals surface area contributed by atoms with Crippen LogP contribution in [0.5, 0.6) is 0 Å². The molecule has 0 aliphatic carbocycles. The molecular weight excluding hydrogens is 252 g/mol. The van der Waals surface area contributed by atoms with Gasteiger partial charge in [0.25, 0.3) is 5.56 Å². The summed E-state index contributed by atoms with van der Waals surface area (Å²) in [6, 6.07) is 0. The van der Waals surface area contributed by atoms with Crippen molar-refractivity contribution in [1.82, 2.24) is 9.78 Å². The highest BCUT2D eigenvalue weighted by Gasteiger charge is 2.07. The van der Waals surface area contributed by atoms with E-state index >= 15 is 0 Å². The van der Waals surface area contributed by atoms with Crippen LogP contribution in [0.2, 0.25) is 5.02 Å². The minimum Gasteiger partial charge on any atom is -0.379 e. The Bertz CT molecular complexity index is 456. The number of hydrogen-bond acceptors (Lipinski definition) is 4. The normalized spacial score (nSPS) is 11.1. The molecule has 0 atom stereocenters. The molecule has 3 N–H and O–H groups in total. The molecule has 1 aromatic rings. The first-order chi connectivity index (χ1) is 8.70. The molecule has 100 valence electrons. The molecule has 0 spiro atoms. The molecule has 1 rings (SSSR count). The minimum absolute atomic E-state index is 0.183. The molecule has 18 heavy (non-hydrogen) atoms. The van der Waals surface area contributed by atoms with Crippen LogP contribution in [-0.4, -0.2) is 22.9 Å². The van der Waals surface area contributed by atoms with Gasteiger partial charge in [0, 0.05) is 19.6 Å². The van der Waals surface area contributed by atoms with E-state index in [0.29, 0.717) is 25.3 Å². The standard InChI is InChI=1S/C12H19ClN4O/c1-2-3-8-17-12(18)11(13)10(9-16-17)15-7-5-4-6-14/h4-5,9,15H,2-3,6-8,14H2,1H3/b5-4+. The van der Waals surface area contributed by atoms with E-state index < -0.39 is 0 Å². The predicted molar refractivity (Wildman–Crippen MR) is 75.1 cm³/mol. The molecule has 0 fully saturated rings. The van der Waals surface area contributed by atoms with Crippen molar-refractivity contribution in [2.45, 2.75) is 26.3 Å². The summed E-state index contributed by atoms with van der Waals surface area (Å²) < 4.78 is 1.40. The Morgan fingerprint density at radius 2 is 2.33 bits per heavy atom. The largest absolute Gasteiger partial charge is 0.379 e. The zero-order valence-electron chi connectivity index (χ0n) is 10.5. The summed E-state index contributed by atoms with van der Waals surface area (Å²) in [7, 11) is 0. The van der Waals surface area contributed by atoms with Gasteiger partial charge in [-0.3, -0.25) is 4.79 Å². The van der Waals surface area contributed by atoms with E-state index in [1.807, 2.05) is 12.2 Å². The van der Waals surface area contributed by atoms with Crippen LogP contribution >= 0.6 is 11.6 Å². The third-order valence-corrected chi connectivity index (χ3v) is 2.79. The van der Waals surface area contributed by atoms with E-state index in [2.05, 4.69) is 17.3 Å². The first-order valence-electron chi connectivity index (χ1n) is 6.05. The van der Waals surface area contributed by atoms with Gasteiger partial charge in [-0.1, -0.05) is 37.1 Å². The third kappa shape index (κ3) is 4.16. The molecule has 0 saturated heterocycles. The molecule has 5 nitrogen and oxygen atoms in total. The number of nitrogens with zero attached hydrogens (tertiary/aromatic N) is 2. The highest BCUT2D eigenvalue weighted by molar-refractivity contribution is 6.32. The lowest BCUT2D eigenvalue weighted by Gasteiger charge is -2.08. The molecule has 0 amide bonds. The SMILES string of the molecule is CCCCn1ncc(NC/C=C/CN)c(Cl)c1=O. The molecule has 0 aliphatic heterocycles. The number of hydrogen-bond donors (Lipinski definition) is 2. The fourth-order valence-electron chi connectivity index (χ4n) is 1.40. The van der Waals surface area contributed by atoms with Crippen molar-refractivity contribution in [2.24, 2.45) is 5.73 Å². The van der Waals surface area contributed by atoms with E-state index in [1.54, 1.807) is 6.20 Å². The number of rotatable bonds is 7. The average Bonchev–Trinajstić information content (AvgIpc) is 2.38. The maximum atomic E-state index is 11.9. The Labute approximate surface area is 112 Å². The Kier molecular flexibility index (Phi) is 6.46. The summed E-state index contributed by atoms with van der Waals surface area (Å²) in [6.07, 6.45) is 7.20. The van der Waals surface area contributed by atoms with Gasteiger partial charge in [0.05, 0.1) is 11.9 Å². The van der Waals surface area contributed by atoms with E-state index in [9.17, 15) is 4.79 Å². The molecule has 0 aromatic carbocycles. The number of halogens is 1. The van der Waals surface area contributed by atoms with Crippen molar-refractivity contribution >= 4 is 17.3 Å². The van der Waals surface area contributed by atoms with Gasteiger partial charge in [-0.25, -0.2) is 4.68 Å². The van der Waals surface area contributed by atoms with Crippen molar-refractivity contribution in [1.29, 1.82) is 0 Å². The van der Waals surface area contributed by atoms with E-state index in [-0.39, 0.29) is 10.6 Å². The fraction of sp³-hybridized carbons (Fsp3) is 0.500. The van der Waals surface area contributed by atoms with Gasteiger partial charge < -0.3 is 11.1 Å². The molecular formula is C12H19ClN4O. The third-order valence-electron chi connectivity index (χ3n) is 2.42. The second-order valence-electron chi connectivity index (χ2n) is 3.84. The van der Waals surface area contributed by atoms with E-state index in [1.165, 1.54) is 4.68 Å². The second-order valence-corrected chi connectivity index (χ2v) is 4.22. The molecule has 0 radical (unpaired) electrons. The zero-order chi connectivity index (χ0) is 13.4. The Morgan fingerprint density at radius 3 is 3.00 bits per heavy atom. The Morgan fingerprint density at radius 1 is 1.56 bits per heavy atom. The van der Waals surface area contributed by atoms with Gasteiger partial charge >= 0.3 is 0 Å². The maximum absolute atomic E-state index is 11.9. The van der Waals surface area contributed by atoms with Gasteiger partial charge in [-0.2, -0.15) is 5.10 Å². The molecule has 0 bridgehead atoms. The van der Waals surface area contributed by atoms with Crippen LogP contribution in [0.4, 0.5) is 5.69 Å². The monoisotopic (exact) mass is 270 g/mol. The highest BCUT2D eigenvalue weighted by atomic mass is 35.5. The number of aromatic nitrogens is 2. The van der Waals surface area contributed by atoms with Gasteiger partial charge in [0.1, 0.15) is 5.02 Å². The zero-order valence-corrected chi connectivity index (χ0v) is 11.3. The molecule has 1 heterocycles. The number of anilines is 1. The molecule has 1 aromatic heterocycles. The van der Waals surface area contributed by atoms with Gasteiger partial charge in [0.15, 0.2) is 0 Å². The summed E-state index contributed by atoms with van der Waals surface area (Å²) in [5.74, 6) is 0. The summed E-state index contributed by atoms with van der Waals surface area (Å²) >= 11 is 6.01. The van der Waals surface area contributed by atoms with Crippen LogP contribution < -0.4 is 16.6 Å². The van der Waals surface area contributed by atoms with Crippen LogP contribution in [0.1, 0.15) is 19.8 Å². The van der Waals surface area contributed by atoms with Crippen molar-refractivity contribution in [3.63, 3.8) is 0 Å². The maximum Gasteiger partial charge on any atom is 0.287 e. The van der Waals surface area contributed by atoms with Crippen molar-refractivity contribution in [3.05, 3.63) is 33.7 Å². The van der Waals surface area contributed by atoms with Crippen LogP contribution in [0.25, 0.3) is 0 Å². The number of nitrogens with one attached hydrogen (secondary N) is 1. The van der Waals surface area contributed by atoms with Gasteiger partial charge in [0.2, 0.25) is 0 Å². The number of aryl methyl sites for hydroxylation is 1. The molecule has 0 aliphatic rings. The van der Waals surface area contributed by atoms with Gasteiger partial charge in [-0.15, -0.1) is 0 Å². The lowest BCUT2D eigenvalue weighted by molar-refractivity contribution is 0.543. The van der Waals surface area contributed by atoms with Crippen LogP contribution in [0, 0.1) is 0 Å². The van der Waals surface area contributed by atoms with Crippen molar-refractivity contribution in [2.75, 3.05) is 18.4 Å². The minimum atomic E-state index is -0.252. The quantitative estimate of drug-likeness (QED) is 0.739. The van der Waals surface area contributed by atoms with E-state index in [0.717, 1.165) is 12.8 Å². The van der Waals surface area contributed by atoms with E-state index in [4.69, 9.17) is 17.3 Å². The van der Waals surface area contributed by atoms with Crippen LogP contribution in [0.3, 0.4) is 0 Å². The Balaban J connectivity index is 2.74. The summed E-state index contributed by atoms with van der Waals surface area (Å²) in [6.45, 7) is 3.72. The highest BCUT2D eigenvalue weighted by Crippen LogP contribution is 2.14. The topological polar surface area (TPSA) is 72.9 Å². The number of nitrogens with two attached hydrogens (primary N) is 1. The van der Waals surface area contributed by atoms with Gasteiger partial charge in [-0.05, 0) is 6.42 Å². The molecule has 0 unspecified atom stereocenters. The van der Waals surface area contributed by atoms with Crippen molar-refractivity contribution in [3.8, 4) is 0 Å². The predicted octanol–water partition coefficient (Wildman–Crippen LogP) is 1.62. The summed E-state index contributed by atoms with van der Waals surface area (Å²) in [5, 5.41) is 7.29. The van der Waals surface area contributed by atoms with Crippen molar-refractivity contribution < 1.29 is 0 Å². The van der Waals surface area contributed by atoms with Crippen LogP contribution in [-0.2, 0) is 6.54 Å².